The molecule has 41 heavy (non-hydrogen) atoms. The summed E-state index contributed by atoms with van der Waals surface area (Å²) in [4.78, 5) is 63.6. The summed E-state index contributed by atoms with van der Waals surface area (Å²) in [5.74, 6) is -3.27. The maximum absolute atomic E-state index is 13.0. The van der Waals surface area contributed by atoms with Crippen LogP contribution in [-0.2, 0) is 38.1 Å². The number of carbonyl (C=O) groups excluding carboxylic acids is 5. The number of carbonyl (C=O) groups is 5. The lowest BCUT2D eigenvalue weighted by Crippen LogP contribution is -2.62. The summed E-state index contributed by atoms with van der Waals surface area (Å²) >= 11 is 0. The molecule has 0 saturated carbocycles. The Balaban J connectivity index is 2.48. The highest BCUT2D eigenvalue weighted by Crippen LogP contribution is 2.33. The number of amides is 1. The van der Waals surface area contributed by atoms with E-state index in [0.717, 1.165) is 0 Å². The van der Waals surface area contributed by atoms with Gasteiger partial charge in [0.2, 0.25) is 6.29 Å². The minimum Gasteiger partial charge on any atom is -0.463 e. The van der Waals surface area contributed by atoms with E-state index in [1.54, 1.807) is 64.1 Å². The van der Waals surface area contributed by atoms with Crippen LogP contribution in [0.25, 0.3) is 0 Å². The van der Waals surface area contributed by atoms with Crippen molar-refractivity contribution in [3.8, 4) is 0 Å². The lowest BCUT2D eigenvalue weighted by molar-refractivity contribution is -0.172. The molecule has 0 radical (unpaired) electrons. The first-order valence-corrected chi connectivity index (χ1v) is 13.2. The summed E-state index contributed by atoms with van der Waals surface area (Å²) in [7, 11) is 1.53. The van der Waals surface area contributed by atoms with Gasteiger partial charge in [0.05, 0.1) is 36.6 Å². The van der Waals surface area contributed by atoms with Gasteiger partial charge < -0.3 is 34.3 Å². The number of esters is 4. The summed E-state index contributed by atoms with van der Waals surface area (Å²) in [6.45, 7) is 7.65. The van der Waals surface area contributed by atoms with E-state index in [4.69, 9.17) is 23.7 Å². The Morgan fingerprint density at radius 2 is 1.59 bits per heavy atom. The summed E-state index contributed by atoms with van der Waals surface area (Å²) < 4.78 is 27.2. The third-order valence-electron chi connectivity index (χ3n) is 5.65. The number of ether oxygens (including phenoxy) is 5. The van der Waals surface area contributed by atoms with Gasteiger partial charge in [-0.3, -0.25) is 14.4 Å². The molecule has 12 heteroatoms. The summed E-state index contributed by atoms with van der Waals surface area (Å²) in [6.07, 6.45) is 1.35. The van der Waals surface area contributed by atoms with Crippen LogP contribution >= 0.6 is 0 Å². The predicted molar refractivity (Wildman–Crippen MR) is 146 cm³/mol. The van der Waals surface area contributed by atoms with Gasteiger partial charge in [0.1, 0.15) is 0 Å². The highest BCUT2D eigenvalue weighted by molar-refractivity contribution is 5.89. The molecule has 0 aromatic heterocycles. The minimum atomic E-state index is -1.90. The Labute approximate surface area is 239 Å². The number of nitrogens with one attached hydrogen (secondary N) is 2. The molecule has 12 nitrogen and oxygen atoms in total. The molecule has 224 valence electrons. The number of hydrogen-bond acceptors (Lipinski definition) is 11. The van der Waals surface area contributed by atoms with E-state index in [9.17, 15) is 24.0 Å². The molecule has 3 unspecified atom stereocenters. The molecule has 4 atom stereocenters. The van der Waals surface area contributed by atoms with Crippen LogP contribution in [0, 0.1) is 5.92 Å². The summed E-state index contributed by atoms with van der Waals surface area (Å²) in [5, 5.41) is 5.21. The average Bonchev–Trinajstić information content (AvgIpc) is 2.89. The van der Waals surface area contributed by atoms with Crippen molar-refractivity contribution >= 4 is 30.0 Å². The molecule has 1 aromatic rings. The van der Waals surface area contributed by atoms with Crippen LogP contribution in [0.3, 0.4) is 0 Å². The van der Waals surface area contributed by atoms with E-state index >= 15 is 0 Å². The minimum absolute atomic E-state index is 0.228. The van der Waals surface area contributed by atoms with Gasteiger partial charge in [0.15, 0.2) is 11.7 Å². The molecule has 0 saturated heterocycles. The van der Waals surface area contributed by atoms with Crippen molar-refractivity contribution < 1.29 is 47.7 Å². The maximum atomic E-state index is 13.0. The van der Waals surface area contributed by atoms with Crippen LogP contribution in [0.5, 0.6) is 0 Å². The van der Waals surface area contributed by atoms with Crippen molar-refractivity contribution in [1.29, 1.82) is 0 Å². The van der Waals surface area contributed by atoms with Crippen molar-refractivity contribution in [2.24, 2.45) is 5.92 Å². The number of likely N-dealkylation sites (N-methyl/N-ethyl adjacent to an activating group) is 1. The molecule has 2 N–H and O–H groups in total. The van der Waals surface area contributed by atoms with Crippen LogP contribution < -0.4 is 10.6 Å². The Morgan fingerprint density at radius 1 is 0.902 bits per heavy atom. The molecular weight excluding hydrogens is 536 g/mol. The SMILES string of the molecule is CNCC(=O)O[C@]1(C(CC(=O)OC(C)C)NC(=O)OC(C)OC(=O)C(C)C)C=CC=CC1OC(=O)c1ccccc1. The Kier molecular flexibility index (Phi) is 12.5. The van der Waals surface area contributed by atoms with Crippen molar-refractivity contribution in [3.63, 3.8) is 0 Å². The van der Waals surface area contributed by atoms with Crippen molar-refractivity contribution in [2.75, 3.05) is 13.6 Å². The van der Waals surface area contributed by atoms with E-state index in [-0.39, 0.29) is 12.1 Å². The number of rotatable bonds is 13. The Hall–Kier alpha value is -4.19. The van der Waals surface area contributed by atoms with E-state index in [2.05, 4.69) is 10.6 Å². The van der Waals surface area contributed by atoms with Crippen molar-refractivity contribution in [2.45, 2.75) is 71.2 Å². The fourth-order valence-corrected chi connectivity index (χ4v) is 3.81. The zero-order chi connectivity index (χ0) is 30.6. The van der Waals surface area contributed by atoms with Gasteiger partial charge in [-0.15, -0.1) is 0 Å². The van der Waals surface area contributed by atoms with Gasteiger partial charge >= 0.3 is 30.0 Å². The maximum Gasteiger partial charge on any atom is 0.410 e. The van der Waals surface area contributed by atoms with Gasteiger partial charge in [-0.1, -0.05) is 44.2 Å². The molecule has 0 spiro atoms. The number of hydrogen-bond donors (Lipinski definition) is 2. The zero-order valence-corrected chi connectivity index (χ0v) is 24.1. The topological polar surface area (TPSA) is 156 Å². The lowest BCUT2D eigenvalue weighted by Gasteiger charge is -2.42. The van der Waals surface area contributed by atoms with Gasteiger partial charge in [0, 0.05) is 6.92 Å². The molecule has 0 fully saturated rings. The number of allylic oxidation sites excluding steroid dienone is 2. The lowest BCUT2D eigenvalue weighted by atomic mass is 9.82. The molecule has 0 aliphatic heterocycles. The monoisotopic (exact) mass is 574 g/mol. The molecule has 1 aromatic carbocycles. The molecule has 1 aliphatic carbocycles. The second-order valence-electron chi connectivity index (χ2n) is 9.80. The predicted octanol–water partition coefficient (Wildman–Crippen LogP) is 2.82. The fraction of sp³-hybridized carbons (Fsp3) is 0.483. The first-order valence-electron chi connectivity index (χ1n) is 13.2. The third kappa shape index (κ3) is 10.1. The van der Waals surface area contributed by atoms with Gasteiger partial charge in [-0.25, -0.2) is 9.59 Å². The molecule has 2 rings (SSSR count). The highest BCUT2D eigenvalue weighted by atomic mass is 16.7. The molecular formula is C29H38N2O10. The smallest absolute Gasteiger partial charge is 0.410 e. The molecule has 1 amide bonds. The van der Waals surface area contributed by atoms with Crippen molar-refractivity contribution in [1.82, 2.24) is 10.6 Å². The zero-order valence-electron chi connectivity index (χ0n) is 24.1. The normalized spacial score (nSPS) is 19.2. The largest absolute Gasteiger partial charge is 0.463 e. The van der Waals surface area contributed by atoms with Crippen LogP contribution in [0.2, 0.25) is 0 Å². The Bertz CT molecular complexity index is 1130. The van der Waals surface area contributed by atoms with Crippen molar-refractivity contribution in [3.05, 3.63) is 60.2 Å². The van der Waals surface area contributed by atoms with Gasteiger partial charge in [-0.2, -0.15) is 0 Å². The van der Waals surface area contributed by atoms with Gasteiger partial charge in [0.25, 0.3) is 0 Å². The van der Waals surface area contributed by atoms with Gasteiger partial charge in [-0.05, 0) is 45.2 Å². The Morgan fingerprint density at radius 3 is 2.20 bits per heavy atom. The van der Waals surface area contributed by atoms with Crippen LogP contribution in [0.15, 0.2) is 54.6 Å². The summed E-state index contributed by atoms with van der Waals surface area (Å²) in [6, 6.07) is 6.78. The quantitative estimate of drug-likeness (QED) is 0.203. The van der Waals surface area contributed by atoms with E-state index in [1.165, 1.54) is 32.2 Å². The van der Waals surface area contributed by atoms with E-state index in [0.29, 0.717) is 0 Å². The molecule has 0 heterocycles. The second kappa shape index (κ2) is 15.6. The molecule has 1 aliphatic rings. The highest BCUT2D eigenvalue weighted by Gasteiger charge is 2.51. The number of benzene rings is 1. The van der Waals surface area contributed by atoms with Crippen LogP contribution in [0.1, 0.15) is 51.4 Å². The fourth-order valence-electron chi connectivity index (χ4n) is 3.81. The molecule has 0 bridgehead atoms. The third-order valence-corrected chi connectivity index (χ3v) is 5.65. The standard InChI is InChI=1S/C29H38N2O10/c1-18(2)26(34)38-20(5)39-28(36)31-22(16-24(32)37-19(3)4)29(41-25(33)17-30-6)15-11-10-14-23(29)40-27(35)21-12-8-7-9-13-21/h7-15,18-20,22-23,30H,16-17H2,1-6H3,(H,31,36)/t20?,22?,23?,29-/m0/s1. The first kappa shape index (κ1) is 33.0. The van der Waals surface area contributed by atoms with Crippen LogP contribution in [0.4, 0.5) is 4.79 Å². The average molecular weight is 575 g/mol. The number of alkyl carbamates (subject to hydrolysis) is 1. The van der Waals surface area contributed by atoms with E-state index in [1.807, 2.05) is 0 Å². The first-order chi connectivity index (χ1) is 19.4. The van der Waals surface area contributed by atoms with Crippen LogP contribution in [-0.4, -0.2) is 73.7 Å². The second-order valence-corrected chi connectivity index (χ2v) is 9.80. The summed E-state index contributed by atoms with van der Waals surface area (Å²) in [5.41, 5.74) is -1.67. The van der Waals surface area contributed by atoms with E-state index < -0.39 is 72.5 Å².